The summed E-state index contributed by atoms with van der Waals surface area (Å²) in [7, 11) is 1.39. The van der Waals surface area contributed by atoms with Gasteiger partial charge in [0.05, 0.1) is 19.1 Å². The highest BCUT2D eigenvalue weighted by Gasteiger charge is 2.27. The van der Waals surface area contributed by atoms with Crippen LogP contribution in [0, 0.1) is 0 Å². The van der Waals surface area contributed by atoms with Crippen LogP contribution in [0.1, 0.15) is 34.5 Å². The average Bonchev–Trinajstić information content (AvgIpc) is 3.31. The van der Waals surface area contributed by atoms with Crippen molar-refractivity contribution in [1.29, 1.82) is 0 Å². The summed E-state index contributed by atoms with van der Waals surface area (Å²) < 4.78 is 6.62. The first-order valence-electron chi connectivity index (χ1n) is 12.5. The quantitative estimate of drug-likeness (QED) is 0.304. The summed E-state index contributed by atoms with van der Waals surface area (Å²) in [5.74, 6) is -0.753. The molecule has 202 valence electrons. The van der Waals surface area contributed by atoms with Gasteiger partial charge in [0.1, 0.15) is 6.04 Å². The van der Waals surface area contributed by atoms with Gasteiger partial charge in [0.15, 0.2) is 5.78 Å². The van der Waals surface area contributed by atoms with E-state index in [2.05, 4.69) is 15.7 Å². The van der Waals surface area contributed by atoms with E-state index in [1.165, 1.54) is 20.1 Å². The minimum Gasteiger partial charge on any atom is -0.480 e. The molecule has 1 aromatic heterocycles. The minimum absolute atomic E-state index is 0.0531. The second-order valence-electron chi connectivity index (χ2n) is 9.39. The second kappa shape index (κ2) is 11.2. The van der Waals surface area contributed by atoms with Crippen LogP contribution in [-0.4, -0.2) is 34.5 Å². The van der Waals surface area contributed by atoms with Crippen LogP contribution in [0.4, 0.5) is 11.4 Å². The Morgan fingerprint density at radius 3 is 2.55 bits per heavy atom. The molecule has 0 unspecified atom stereocenters. The lowest BCUT2D eigenvalue weighted by atomic mass is 9.98. The van der Waals surface area contributed by atoms with Gasteiger partial charge in [-0.3, -0.25) is 19.2 Å². The van der Waals surface area contributed by atoms with Gasteiger partial charge in [-0.25, -0.2) is 4.68 Å². The second-order valence-corrected chi connectivity index (χ2v) is 9.82. The highest BCUT2D eigenvalue weighted by molar-refractivity contribution is 6.31. The van der Waals surface area contributed by atoms with Crippen molar-refractivity contribution in [3.8, 4) is 17.0 Å². The summed E-state index contributed by atoms with van der Waals surface area (Å²) >= 11 is 6.21. The predicted molar refractivity (Wildman–Crippen MR) is 152 cm³/mol. The monoisotopic (exact) mass is 556 g/mol. The molecule has 40 heavy (non-hydrogen) atoms. The van der Waals surface area contributed by atoms with Gasteiger partial charge in [0, 0.05) is 34.4 Å². The molecule has 9 nitrogen and oxygen atoms in total. The topological polar surface area (TPSA) is 119 Å². The maximum atomic E-state index is 13.7. The number of anilines is 2. The summed E-state index contributed by atoms with van der Waals surface area (Å²) in [6.07, 6.45) is 0.390. The molecule has 2 amide bonds. The van der Waals surface area contributed by atoms with E-state index in [1.807, 2.05) is 30.3 Å². The summed E-state index contributed by atoms with van der Waals surface area (Å²) in [6.45, 7) is 1.42. The zero-order valence-corrected chi connectivity index (χ0v) is 22.5. The van der Waals surface area contributed by atoms with Crippen molar-refractivity contribution in [1.82, 2.24) is 9.78 Å². The lowest BCUT2D eigenvalue weighted by molar-refractivity contribution is -0.119. The molecule has 1 aliphatic heterocycles. The number of halogens is 1. The van der Waals surface area contributed by atoms with Gasteiger partial charge in [-0.1, -0.05) is 41.9 Å². The molecule has 0 fully saturated rings. The highest BCUT2D eigenvalue weighted by Crippen LogP contribution is 2.33. The van der Waals surface area contributed by atoms with E-state index in [1.54, 1.807) is 36.4 Å². The Balaban J connectivity index is 1.56. The fraction of sp³-hybridized carbons (Fsp3) is 0.167. The van der Waals surface area contributed by atoms with Crippen molar-refractivity contribution in [3.05, 3.63) is 105 Å². The molecule has 0 radical (unpaired) electrons. The smallest absolute Gasteiger partial charge is 0.268 e. The summed E-state index contributed by atoms with van der Waals surface area (Å²) in [4.78, 5) is 51.3. The number of Topliss-reactive ketones (excluding diaryl/α,β-unsaturated/α-hetero) is 1. The lowest BCUT2D eigenvalue weighted by Crippen LogP contribution is -2.36. The molecular formula is C30H25ClN4O5. The van der Waals surface area contributed by atoms with E-state index in [9.17, 15) is 19.2 Å². The van der Waals surface area contributed by atoms with Gasteiger partial charge < -0.3 is 15.4 Å². The van der Waals surface area contributed by atoms with Crippen LogP contribution in [0.5, 0.6) is 5.88 Å². The molecule has 0 saturated carbocycles. The number of ketones is 1. The molecule has 0 saturated heterocycles. The summed E-state index contributed by atoms with van der Waals surface area (Å²) in [6, 6.07) is 19.4. The Morgan fingerprint density at radius 2 is 1.82 bits per heavy atom. The Bertz CT molecular complexity index is 1700. The van der Waals surface area contributed by atoms with E-state index in [0.717, 1.165) is 15.8 Å². The van der Waals surface area contributed by atoms with Crippen LogP contribution in [0.25, 0.3) is 11.1 Å². The van der Waals surface area contributed by atoms with Gasteiger partial charge in [-0.05, 0) is 60.0 Å². The van der Waals surface area contributed by atoms with Crippen molar-refractivity contribution < 1.29 is 19.1 Å². The SMILES string of the molecule is COc1nn([C@@H](Cc2ccccc2)C(=O)Nc2ccc3c(c2)CC(=O)N3)c(=O)cc1-c1cc(Cl)ccc1C(C)=O. The van der Waals surface area contributed by atoms with E-state index >= 15 is 0 Å². The van der Waals surface area contributed by atoms with Crippen LogP contribution < -0.4 is 20.9 Å². The molecule has 1 aliphatic rings. The van der Waals surface area contributed by atoms with Crippen LogP contribution in [0.15, 0.2) is 77.6 Å². The average molecular weight is 557 g/mol. The minimum atomic E-state index is -1.04. The number of fused-ring (bicyclic) bond motifs is 1. The molecule has 3 aromatic carbocycles. The van der Waals surface area contributed by atoms with Gasteiger partial charge >= 0.3 is 0 Å². The molecule has 0 bridgehead atoms. The van der Waals surface area contributed by atoms with Gasteiger partial charge in [-0.15, -0.1) is 5.10 Å². The highest BCUT2D eigenvalue weighted by atomic mass is 35.5. The number of ether oxygens (including phenoxy) is 1. The molecule has 10 heteroatoms. The summed E-state index contributed by atoms with van der Waals surface area (Å²) in [5.41, 5.74) is 3.25. The normalized spacial score (nSPS) is 12.8. The van der Waals surface area contributed by atoms with Crippen molar-refractivity contribution >= 4 is 40.6 Å². The fourth-order valence-electron chi connectivity index (χ4n) is 4.73. The van der Waals surface area contributed by atoms with Gasteiger partial charge in [-0.2, -0.15) is 0 Å². The molecule has 2 heterocycles. The first-order valence-corrected chi connectivity index (χ1v) is 12.9. The molecule has 0 spiro atoms. The Kier molecular flexibility index (Phi) is 7.48. The maximum absolute atomic E-state index is 13.7. The molecular weight excluding hydrogens is 532 g/mol. The van der Waals surface area contributed by atoms with E-state index in [4.69, 9.17) is 16.3 Å². The zero-order valence-electron chi connectivity index (χ0n) is 21.7. The zero-order chi connectivity index (χ0) is 28.4. The first kappa shape index (κ1) is 26.8. The number of hydrogen-bond donors (Lipinski definition) is 2. The predicted octanol–water partition coefficient (Wildman–Crippen LogP) is 4.69. The van der Waals surface area contributed by atoms with Gasteiger partial charge in [0.25, 0.3) is 5.56 Å². The largest absolute Gasteiger partial charge is 0.480 e. The number of amides is 2. The van der Waals surface area contributed by atoms with Crippen molar-refractivity contribution in [2.45, 2.75) is 25.8 Å². The lowest BCUT2D eigenvalue weighted by Gasteiger charge is -2.21. The van der Waals surface area contributed by atoms with Crippen molar-refractivity contribution in [2.24, 2.45) is 0 Å². The number of benzene rings is 3. The number of rotatable bonds is 8. The molecule has 2 N–H and O–H groups in total. The number of methoxy groups -OCH3 is 1. The third-order valence-corrected chi connectivity index (χ3v) is 6.87. The fourth-order valence-corrected chi connectivity index (χ4v) is 4.90. The number of nitrogens with one attached hydrogen (secondary N) is 2. The number of nitrogens with zero attached hydrogens (tertiary/aromatic N) is 2. The first-order chi connectivity index (χ1) is 19.2. The van der Waals surface area contributed by atoms with Crippen LogP contribution in [-0.2, 0) is 22.4 Å². The van der Waals surface area contributed by atoms with Crippen molar-refractivity contribution in [2.75, 3.05) is 17.7 Å². The van der Waals surface area contributed by atoms with Gasteiger partial charge in [0.2, 0.25) is 17.7 Å². The van der Waals surface area contributed by atoms with Crippen LogP contribution >= 0.6 is 11.6 Å². The number of carbonyl (C=O) groups excluding carboxylic acids is 3. The molecule has 5 rings (SSSR count). The van der Waals surface area contributed by atoms with Crippen LogP contribution in [0.3, 0.4) is 0 Å². The van der Waals surface area contributed by atoms with E-state index in [-0.39, 0.29) is 36.0 Å². The summed E-state index contributed by atoms with van der Waals surface area (Å²) in [5, 5.41) is 10.4. The van der Waals surface area contributed by atoms with E-state index < -0.39 is 17.5 Å². The number of carbonyl (C=O) groups is 3. The third-order valence-electron chi connectivity index (χ3n) is 6.63. The number of aromatic nitrogens is 2. The molecule has 0 aliphatic carbocycles. The Morgan fingerprint density at radius 1 is 1.05 bits per heavy atom. The Hall–Kier alpha value is -4.76. The standard InChI is InChI=1S/C30H25ClN4O5/c1-17(36)22-10-8-20(31)15-23(22)24-16-28(38)35(34-30(24)40-2)26(12-18-6-4-3-5-7-18)29(39)32-21-9-11-25-19(13-21)14-27(37)33-25/h3-11,13,15-16,26H,12,14H2,1-2H3,(H,32,39)(H,33,37)/t26-/m0/s1. The third kappa shape index (κ3) is 5.50. The van der Waals surface area contributed by atoms with E-state index in [0.29, 0.717) is 27.5 Å². The molecule has 1 atom stereocenters. The number of hydrogen-bond acceptors (Lipinski definition) is 6. The Labute approximate surface area is 234 Å². The molecule has 4 aromatic rings. The maximum Gasteiger partial charge on any atom is 0.268 e. The van der Waals surface area contributed by atoms with Crippen LogP contribution in [0.2, 0.25) is 5.02 Å². The van der Waals surface area contributed by atoms with Crippen molar-refractivity contribution in [3.63, 3.8) is 0 Å².